The van der Waals surface area contributed by atoms with Gasteiger partial charge in [-0.2, -0.15) is 0 Å². The average molecular weight is 793 g/mol. The van der Waals surface area contributed by atoms with Crippen LogP contribution in [-0.2, 0) is 0 Å². The number of rotatable bonds is 6. The Morgan fingerprint density at radius 2 is 1.08 bits per heavy atom. The molecule has 0 amide bonds. The Kier molecular flexibility index (Phi) is 8.11. The van der Waals surface area contributed by atoms with Crippen LogP contribution in [0.4, 0.5) is 17.1 Å². The van der Waals surface area contributed by atoms with Crippen molar-refractivity contribution in [3.05, 3.63) is 223 Å². The first kappa shape index (κ1) is 34.6. The Morgan fingerprint density at radius 3 is 1.81 bits per heavy atom. The molecule has 0 spiro atoms. The van der Waals surface area contributed by atoms with Crippen molar-refractivity contribution in [2.75, 3.05) is 9.80 Å². The van der Waals surface area contributed by atoms with Crippen LogP contribution in [0.15, 0.2) is 212 Å². The number of fused-ring (bicyclic) bond motifs is 10. The molecule has 0 saturated carbocycles. The molecule has 7 aromatic carbocycles. The lowest BCUT2D eigenvalue weighted by molar-refractivity contribution is 0.631. The summed E-state index contributed by atoms with van der Waals surface area (Å²) < 4.78 is 5.50. The molecule has 0 saturated heterocycles. The number of anilines is 3. The highest BCUT2D eigenvalue weighted by atomic mass is 32.1. The van der Waals surface area contributed by atoms with Crippen molar-refractivity contribution in [3.8, 4) is 11.1 Å². The number of para-hydroxylation sites is 1. The largest absolute Gasteiger partial charge is 0.333 e. The molecule has 0 radical (unpaired) electrons. The smallest absolute Gasteiger partial charge is 0.0650 e. The molecular formula is C55H40N2S2. The van der Waals surface area contributed by atoms with E-state index in [0.29, 0.717) is 0 Å². The Bertz CT molecular complexity index is 3200. The van der Waals surface area contributed by atoms with Crippen molar-refractivity contribution in [3.63, 3.8) is 0 Å². The van der Waals surface area contributed by atoms with E-state index < -0.39 is 0 Å². The van der Waals surface area contributed by atoms with Gasteiger partial charge in [-0.15, -0.1) is 22.7 Å². The first-order valence-electron chi connectivity index (χ1n) is 20.6. The van der Waals surface area contributed by atoms with Gasteiger partial charge in [-0.3, -0.25) is 0 Å². The summed E-state index contributed by atoms with van der Waals surface area (Å²) in [5, 5.41) is 5.41. The summed E-state index contributed by atoms with van der Waals surface area (Å²) in [7, 11) is 0. The molecule has 2 aliphatic carbocycles. The van der Waals surface area contributed by atoms with E-state index in [2.05, 4.69) is 217 Å². The molecule has 3 aliphatic rings. The predicted octanol–water partition coefficient (Wildman–Crippen LogP) is 15.5. The monoisotopic (exact) mass is 792 g/mol. The molecule has 9 aromatic rings. The molecule has 59 heavy (non-hydrogen) atoms. The molecule has 0 fully saturated rings. The van der Waals surface area contributed by atoms with Crippen molar-refractivity contribution in [1.82, 2.24) is 0 Å². The van der Waals surface area contributed by atoms with Crippen LogP contribution in [0.25, 0.3) is 51.5 Å². The van der Waals surface area contributed by atoms with E-state index in [1.54, 1.807) is 0 Å². The van der Waals surface area contributed by atoms with Crippen LogP contribution in [0.1, 0.15) is 29.9 Å². The quantitative estimate of drug-likeness (QED) is 0.165. The topological polar surface area (TPSA) is 6.48 Å². The van der Waals surface area contributed by atoms with Gasteiger partial charge in [-0.25, -0.2) is 0 Å². The van der Waals surface area contributed by atoms with Gasteiger partial charge < -0.3 is 9.80 Å². The van der Waals surface area contributed by atoms with Crippen LogP contribution in [0.3, 0.4) is 0 Å². The Morgan fingerprint density at radius 1 is 0.492 bits per heavy atom. The highest BCUT2D eigenvalue weighted by molar-refractivity contribution is 7.26. The van der Waals surface area contributed by atoms with Gasteiger partial charge in [0.05, 0.1) is 6.04 Å². The molecule has 0 bridgehead atoms. The predicted molar refractivity (Wildman–Crippen MR) is 254 cm³/mol. The molecule has 2 aromatic heterocycles. The second-order valence-corrected chi connectivity index (χ2v) is 18.2. The lowest BCUT2D eigenvalue weighted by Crippen LogP contribution is -2.32. The van der Waals surface area contributed by atoms with Crippen molar-refractivity contribution < 1.29 is 0 Å². The second kappa shape index (κ2) is 13.8. The zero-order chi connectivity index (χ0) is 39.0. The third-order valence-corrected chi connectivity index (χ3v) is 15.1. The first-order chi connectivity index (χ1) is 29.2. The lowest BCUT2D eigenvalue weighted by Gasteiger charge is -2.36. The molecule has 4 atom stereocenters. The number of hydrogen-bond donors (Lipinski definition) is 0. The fourth-order valence-electron chi connectivity index (χ4n) is 9.95. The summed E-state index contributed by atoms with van der Waals surface area (Å²) in [6, 6.07) is 60.2. The molecular weight excluding hydrogens is 753 g/mol. The Hall–Kier alpha value is -6.46. The van der Waals surface area contributed by atoms with Crippen molar-refractivity contribution in [2.45, 2.75) is 24.8 Å². The summed E-state index contributed by atoms with van der Waals surface area (Å²) >= 11 is 3.86. The zero-order valence-corrected chi connectivity index (χ0v) is 34.2. The summed E-state index contributed by atoms with van der Waals surface area (Å²) in [5.74, 6) is 0.782. The molecule has 0 N–H and O–H groups in total. The third-order valence-electron chi connectivity index (χ3n) is 12.7. The van der Waals surface area contributed by atoms with Crippen LogP contribution in [0, 0.1) is 5.92 Å². The van der Waals surface area contributed by atoms with E-state index in [0.717, 1.165) is 5.69 Å². The Labute approximate surface area is 352 Å². The van der Waals surface area contributed by atoms with Crippen LogP contribution >= 0.6 is 22.7 Å². The van der Waals surface area contributed by atoms with E-state index in [9.17, 15) is 0 Å². The van der Waals surface area contributed by atoms with Crippen LogP contribution < -0.4 is 9.80 Å². The van der Waals surface area contributed by atoms with Crippen molar-refractivity contribution >= 4 is 80.1 Å². The number of nitrogens with zero attached hydrogens (tertiary/aromatic N) is 2. The summed E-state index contributed by atoms with van der Waals surface area (Å²) in [5.41, 5.74) is 11.4. The van der Waals surface area contributed by atoms with Gasteiger partial charge in [0.1, 0.15) is 0 Å². The third kappa shape index (κ3) is 5.58. The fourth-order valence-corrected chi connectivity index (χ4v) is 12.5. The highest BCUT2D eigenvalue weighted by Crippen LogP contribution is 2.54. The van der Waals surface area contributed by atoms with Crippen LogP contribution in [0.5, 0.6) is 0 Å². The average Bonchev–Trinajstić information content (AvgIpc) is 3.97. The number of allylic oxidation sites excluding steroid dienone is 4. The minimum absolute atomic E-state index is 0.109. The molecule has 4 heteroatoms. The maximum atomic E-state index is 2.58. The molecule has 4 unspecified atom stereocenters. The first-order valence-corrected chi connectivity index (χ1v) is 22.3. The minimum atomic E-state index is 0.109. The number of hydrogen-bond acceptors (Lipinski definition) is 4. The normalized spacial score (nSPS) is 19.6. The maximum absolute atomic E-state index is 2.58. The van der Waals surface area contributed by atoms with E-state index in [1.807, 2.05) is 22.7 Å². The van der Waals surface area contributed by atoms with Gasteiger partial charge in [0, 0.05) is 86.2 Å². The number of benzene rings is 7. The van der Waals surface area contributed by atoms with Gasteiger partial charge in [-0.05, 0) is 83.3 Å². The Balaban J connectivity index is 0.981. The van der Waals surface area contributed by atoms with E-state index >= 15 is 0 Å². The van der Waals surface area contributed by atoms with E-state index in [-0.39, 0.29) is 23.8 Å². The van der Waals surface area contributed by atoms with Gasteiger partial charge in [0.2, 0.25) is 0 Å². The van der Waals surface area contributed by atoms with E-state index in [4.69, 9.17) is 0 Å². The van der Waals surface area contributed by atoms with Gasteiger partial charge in [-0.1, -0.05) is 146 Å². The molecule has 12 rings (SSSR count). The van der Waals surface area contributed by atoms with E-state index in [1.165, 1.54) is 85.4 Å². The summed E-state index contributed by atoms with van der Waals surface area (Å²) in [4.78, 5) is 5.07. The highest BCUT2D eigenvalue weighted by Gasteiger charge is 2.41. The second-order valence-electron chi connectivity index (χ2n) is 16.1. The minimum Gasteiger partial charge on any atom is -0.333 e. The molecule has 282 valence electrons. The lowest BCUT2D eigenvalue weighted by atomic mass is 9.82. The van der Waals surface area contributed by atoms with Crippen LogP contribution in [0.2, 0.25) is 0 Å². The van der Waals surface area contributed by atoms with Gasteiger partial charge in [0.15, 0.2) is 0 Å². The summed E-state index contributed by atoms with van der Waals surface area (Å²) in [6.45, 7) is 2.39. The molecule has 1 aliphatic heterocycles. The molecule has 3 heterocycles. The van der Waals surface area contributed by atoms with Crippen molar-refractivity contribution in [2.24, 2.45) is 5.92 Å². The SMILES string of the molecule is CC1C=C(N(C2=CC3C(C=C2)c2c(ccc4c2sc2ccccc24)N3c2ccccc2)c2ccc(-c3ccccc3)cc2)C=CC1c1cccc2c1sc1ccccc12. The standard InChI is InChI=1S/C55H40N2S2/c1-35-33-40(27-29-42(35)45-19-12-20-46-43-17-8-10-21-51(43)58-54(45)46)56(39-25-23-37(24-26-39)36-13-4-2-5-14-36)41-28-30-48-50(34-41)57(38-15-6-3-7-16-38)49-32-31-47-44-18-9-11-22-52(44)59-55(47)53(48)49/h2-35,42,48,50H,1H3. The van der Waals surface area contributed by atoms with Crippen LogP contribution in [-0.4, -0.2) is 6.04 Å². The van der Waals surface area contributed by atoms with Gasteiger partial charge in [0.25, 0.3) is 0 Å². The fraction of sp³-hybridized carbons (Fsp3) is 0.0909. The summed E-state index contributed by atoms with van der Waals surface area (Å²) in [6.07, 6.45) is 14.7. The maximum Gasteiger partial charge on any atom is 0.0650 e. The van der Waals surface area contributed by atoms with Crippen molar-refractivity contribution in [1.29, 1.82) is 0 Å². The van der Waals surface area contributed by atoms with Gasteiger partial charge >= 0.3 is 0 Å². The zero-order valence-electron chi connectivity index (χ0n) is 32.6. The molecule has 2 nitrogen and oxygen atoms in total. The number of thiophene rings is 2.